The van der Waals surface area contributed by atoms with Crippen LogP contribution in [0.5, 0.6) is 0 Å². The zero-order valence-corrected chi connectivity index (χ0v) is 21.8. The van der Waals surface area contributed by atoms with Crippen molar-refractivity contribution in [2.75, 3.05) is 25.6 Å². The number of rotatable bonds is 6. The predicted octanol–water partition coefficient (Wildman–Crippen LogP) is 4.06. The third kappa shape index (κ3) is 4.13. The van der Waals surface area contributed by atoms with Crippen LogP contribution in [0.1, 0.15) is 55.7 Å². The fraction of sp³-hybridized carbons (Fsp3) is 0.481. The Morgan fingerprint density at radius 2 is 1.97 bits per heavy atom. The van der Waals surface area contributed by atoms with Gasteiger partial charge in [-0.2, -0.15) is 0 Å². The van der Waals surface area contributed by atoms with E-state index < -0.39 is 23.4 Å². The van der Waals surface area contributed by atoms with Gasteiger partial charge in [0.25, 0.3) is 12.0 Å². The van der Waals surface area contributed by atoms with E-state index in [0.29, 0.717) is 41.8 Å². The third-order valence-corrected chi connectivity index (χ3v) is 8.11. The fourth-order valence-corrected chi connectivity index (χ4v) is 5.95. The average molecular weight is 530 g/mol. The van der Waals surface area contributed by atoms with E-state index in [1.165, 1.54) is 23.0 Å². The van der Waals surface area contributed by atoms with E-state index in [1.807, 2.05) is 4.90 Å². The van der Waals surface area contributed by atoms with Crippen molar-refractivity contribution in [3.8, 4) is 0 Å². The molecule has 202 valence electrons. The maximum absolute atomic E-state index is 14.8. The Balaban J connectivity index is 1.59. The smallest absolute Gasteiger partial charge is 0.266 e. The van der Waals surface area contributed by atoms with Crippen LogP contribution in [-0.4, -0.2) is 51.6 Å². The second-order valence-corrected chi connectivity index (χ2v) is 10.4. The van der Waals surface area contributed by atoms with E-state index in [-0.39, 0.29) is 29.1 Å². The van der Waals surface area contributed by atoms with Crippen molar-refractivity contribution in [3.63, 3.8) is 0 Å². The molecule has 38 heavy (non-hydrogen) atoms. The Morgan fingerprint density at radius 3 is 2.61 bits per heavy atom. The first-order chi connectivity index (χ1) is 18.0. The molecule has 2 aliphatic rings. The molecule has 3 heterocycles. The highest BCUT2D eigenvalue weighted by molar-refractivity contribution is 5.87. The molecule has 3 aromatic rings. The number of amides is 1. The number of hydrogen-bond acceptors (Lipinski definition) is 6. The molecular formula is C27H30F3N5O3. The van der Waals surface area contributed by atoms with Gasteiger partial charge in [-0.25, -0.2) is 23.1 Å². The van der Waals surface area contributed by atoms with E-state index in [1.54, 1.807) is 39.1 Å². The lowest BCUT2D eigenvalue weighted by Crippen LogP contribution is -2.54. The number of aryl methyl sites for hydroxylation is 1. The lowest BCUT2D eigenvalue weighted by atomic mass is 9.79. The van der Waals surface area contributed by atoms with Crippen molar-refractivity contribution >= 4 is 22.8 Å². The van der Waals surface area contributed by atoms with Crippen LogP contribution in [0.3, 0.4) is 0 Å². The van der Waals surface area contributed by atoms with Gasteiger partial charge in [0.05, 0.1) is 16.5 Å². The van der Waals surface area contributed by atoms with Gasteiger partial charge < -0.3 is 14.5 Å². The molecule has 1 amide bonds. The standard InChI is InChI=1S/C27H30F3N5O3/c1-16(36)35-11-10-27(38-4,14-26(35)8-9-26)20-12-19-23(31-15-32-24(19)34(3)25(20)37)33(2)13-17-6-5-7-18(21(17)28)22(29)30/h5-7,12,15,22H,8-11,13-14H2,1-4H3. The highest BCUT2D eigenvalue weighted by Gasteiger charge is 2.58. The zero-order valence-electron chi connectivity index (χ0n) is 21.8. The summed E-state index contributed by atoms with van der Waals surface area (Å²) in [6.07, 6.45) is 1.05. The first-order valence-corrected chi connectivity index (χ1v) is 12.5. The molecule has 1 saturated heterocycles. The summed E-state index contributed by atoms with van der Waals surface area (Å²) in [6, 6.07) is 5.66. The second kappa shape index (κ2) is 9.37. The molecule has 0 N–H and O–H groups in total. The van der Waals surface area contributed by atoms with Crippen molar-refractivity contribution in [2.45, 2.75) is 56.7 Å². The summed E-state index contributed by atoms with van der Waals surface area (Å²) in [5.41, 5.74) is -1.21. The molecule has 0 bridgehead atoms. The van der Waals surface area contributed by atoms with Crippen molar-refractivity contribution in [1.29, 1.82) is 0 Å². The number of hydrogen-bond donors (Lipinski definition) is 0. The monoisotopic (exact) mass is 529 g/mol. The summed E-state index contributed by atoms with van der Waals surface area (Å²) in [5.74, 6) is -0.521. The number of carbonyl (C=O) groups excluding carboxylic acids is 1. The summed E-state index contributed by atoms with van der Waals surface area (Å²) in [5, 5.41) is 0.549. The minimum Gasteiger partial charge on any atom is -0.373 e. The Bertz CT molecular complexity index is 1470. The van der Waals surface area contributed by atoms with Gasteiger partial charge in [-0.05, 0) is 25.3 Å². The Kier molecular flexibility index (Phi) is 6.45. The van der Waals surface area contributed by atoms with Crippen molar-refractivity contribution in [2.24, 2.45) is 7.05 Å². The third-order valence-electron chi connectivity index (χ3n) is 8.11. The first-order valence-electron chi connectivity index (χ1n) is 12.5. The van der Waals surface area contributed by atoms with E-state index >= 15 is 0 Å². The minimum absolute atomic E-state index is 0.0130. The van der Waals surface area contributed by atoms with Gasteiger partial charge in [-0.3, -0.25) is 14.2 Å². The van der Waals surface area contributed by atoms with Gasteiger partial charge >= 0.3 is 0 Å². The van der Waals surface area contributed by atoms with Crippen LogP contribution in [0, 0.1) is 5.82 Å². The van der Waals surface area contributed by atoms with Crippen molar-refractivity contribution in [1.82, 2.24) is 19.4 Å². The van der Waals surface area contributed by atoms with Gasteiger partial charge in [0, 0.05) is 58.7 Å². The molecule has 1 atom stereocenters. The summed E-state index contributed by atoms with van der Waals surface area (Å²) in [7, 11) is 4.88. The molecule has 1 saturated carbocycles. The summed E-state index contributed by atoms with van der Waals surface area (Å²) < 4.78 is 48.8. The molecule has 2 fully saturated rings. The number of likely N-dealkylation sites (tertiary alicyclic amines) is 1. The number of fused-ring (bicyclic) bond motifs is 1. The molecule has 5 rings (SSSR count). The van der Waals surface area contributed by atoms with Crippen LogP contribution >= 0.6 is 0 Å². The molecule has 8 nitrogen and oxygen atoms in total. The molecular weight excluding hydrogens is 499 g/mol. The Labute approximate surface area is 218 Å². The highest BCUT2D eigenvalue weighted by Crippen LogP contribution is 2.54. The highest BCUT2D eigenvalue weighted by atomic mass is 19.3. The Morgan fingerprint density at radius 1 is 1.24 bits per heavy atom. The second-order valence-electron chi connectivity index (χ2n) is 10.4. The molecule has 1 spiro atoms. The van der Waals surface area contributed by atoms with Crippen LogP contribution in [0.4, 0.5) is 19.0 Å². The van der Waals surface area contributed by atoms with E-state index in [2.05, 4.69) is 9.97 Å². The average Bonchev–Trinajstić information content (AvgIpc) is 3.65. The topological polar surface area (TPSA) is 80.6 Å². The molecule has 1 aliphatic heterocycles. The van der Waals surface area contributed by atoms with E-state index in [9.17, 15) is 22.8 Å². The molecule has 0 radical (unpaired) electrons. The fourth-order valence-electron chi connectivity index (χ4n) is 5.95. The molecule has 11 heteroatoms. The quantitative estimate of drug-likeness (QED) is 0.479. The molecule has 1 aromatic carbocycles. The molecule has 2 aromatic heterocycles. The van der Waals surface area contributed by atoms with Crippen LogP contribution in [0.2, 0.25) is 0 Å². The summed E-state index contributed by atoms with van der Waals surface area (Å²) in [6.45, 7) is 2.01. The Hall–Kier alpha value is -3.47. The maximum atomic E-state index is 14.8. The number of piperidine rings is 1. The van der Waals surface area contributed by atoms with Gasteiger partial charge in [0.2, 0.25) is 5.91 Å². The van der Waals surface area contributed by atoms with E-state index in [0.717, 1.165) is 18.9 Å². The van der Waals surface area contributed by atoms with E-state index in [4.69, 9.17) is 4.74 Å². The number of pyridine rings is 1. The lowest BCUT2D eigenvalue weighted by Gasteiger charge is -2.46. The number of halogens is 3. The molecule has 1 aliphatic carbocycles. The number of alkyl halides is 2. The summed E-state index contributed by atoms with van der Waals surface area (Å²) >= 11 is 0. The SMILES string of the molecule is COC1(c2cc3c(N(C)Cc4cccc(C(F)F)c4F)ncnc3n(C)c2=O)CCN(C(C)=O)C2(CC2)C1. The number of methoxy groups -OCH3 is 1. The van der Waals surface area contributed by atoms with Crippen LogP contribution in [-0.2, 0) is 28.7 Å². The van der Waals surface area contributed by atoms with Crippen molar-refractivity contribution < 1.29 is 22.7 Å². The number of benzene rings is 1. The largest absolute Gasteiger partial charge is 0.373 e. The predicted molar refractivity (Wildman–Crippen MR) is 136 cm³/mol. The number of aromatic nitrogens is 3. The van der Waals surface area contributed by atoms with Crippen LogP contribution < -0.4 is 10.5 Å². The normalized spacial score (nSPS) is 20.4. The van der Waals surface area contributed by atoms with Gasteiger partial charge in [-0.15, -0.1) is 0 Å². The van der Waals surface area contributed by atoms with Crippen LogP contribution in [0.15, 0.2) is 35.4 Å². The van der Waals surface area contributed by atoms with Crippen LogP contribution in [0.25, 0.3) is 11.0 Å². The summed E-state index contributed by atoms with van der Waals surface area (Å²) in [4.78, 5) is 38.1. The number of anilines is 1. The number of ether oxygens (including phenoxy) is 1. The van der Waals surface area contributed by atoms with Gasteiger partial charge in [-0.1, -0.05) is 18.2 Å². The van der Waals surface area contributed by atoms with Crippen molar-refractivity contribution in [3.05, 3.63) is 63.5 Å². The maximum Gasteiger partial charge on any atom is 0.266 e. The van der Waals surface area contributed by atoms with Gasteiger partial charge in [0.1, 0.15) is 29.2 Å². The number of carbonyl (C=O) groups is 1. The first kappa shape index (κ1) is 26.1. The number of nitrogens with zero attached hydrogens (tertiary/aromatic N) is 5. The minimum atomic E-state index is -2.92. The van der Waals surface area contributed by atoms with Gasteiger partial charge in [0.15, 0.2) is 0 Å². The molecule has 1 unspecified atom stereocenters. The lowest BCUT2D eigenvalue weighted by molar-refractivity contribution is -0.143. The zero-order chi connectivity index (χ0) is 27.4.